The Hall–Kier alpha value is -1.97. The Kier molecular flexibility index (Phi) is 4.36. The van der Waals surface area contributed by atoms with Crippen LogP contribution in [-0.4, -0.2) is 40.7 Å². The summed E-state index contributed by atoms with van der Waals surface area (Å²) in [6, 6.07) is 8.29. The van der Waals surface area contributed by atoms with Gasteiger partial charge in [-0.3, -0.25) is 0 Å². The van der Waals surface area contributed by atoms with Crippen molar-refractivity contribution >= 4 is 32.9 Å². The highest BCUT2D eigenvalue weighted by Gasteiger charge is 2.12. The van der Waals surface area contributed by atoms with Gasteiger partial charge < -0.3 is 4.98 Å². The highest BCUT2D eigenvalue weighted by molar-refractivity contribution is 7.99. The summed E-state index contributed by atoms with van der Waals surface area (Å²) >= 11 is 1.44. The zero-order valence-electron chi connectivity index (χ0n) is 11.4. The van der Waals surface area contributed by atoms with E-state index in [2.05, 4.69) is 24.7 Å². The highest BCUT2D eigenvalue weighted by atomic mass is 32.2. The molecule has 9 heteroatoms. The number of benzene rings is 1. The number of fused-ring (bicyclic) bond motifs is 1. The minimum Gasteiger partial charge on any atom is -0.341 e. The maximum atomic E-state index is 12.1. The average Bonchev–Trinajstić information content (AvgIpc) is 3.02. The average molecular weight is 335 g/mol. The number of aromatic nitrogens is 4. The van der Waals surface area contributed by atoms with Gasteiger partial charge in [0.2, 0.25) is 10.0 Å². The van der Waals surface area contributed by atoms with Crippen molar-refractivity contribution in [2.24, 2.45) is 0 Å². The lowest BCUT2D eigenvalue weighted by Gasteiger charge is -2.06. The second-order valence-corrected chi connectivity index (χ2v) is 7.19. The first-order valence-electron chi connectivity index (χ1n) is 6.48. The van der Waals surface area contributed by atoms with Crippen molar-refractivity contribution in [3.05, 3.63) is 43.0 Å². The molecule has 3 aromatic rings. The molecule has 2 heterocycles. The number of rotatable bonds is 6. The molecular weight excluding hydrogens is 322 g/mol. The van der Waals surface area contributed by atoms with Crippen molar-refractivity contribution in [3.8, 4) is 0 Å². The van der Waals surface area contributed by atoms with Crippen molar-refractivity contribution in [1.82, 2.24) is 24.7 Å². The molecule has 0 amide bonds. The van der Waals surface area contributed by atoms with Crippen molar-refractivity contribution in [3.63, 3.8) is 0 Å². The predicted octanol–water partition coefficient (Wildman–Crippen LogP) is 1.42. The summed E-state index contributed by atoms with van der Waals surface area (Å²) in [4.78, 5) is 15.5. The molecule has 22 heavy (non-hydrogen) atoms. The van der Waals surface area contributed by atoms with Crippen molar-refractivity contribution in [2.45, 2.75) is 9.92 Å². The first-order chi connectivity index (χ1) is 10.7. The molecule has 114 valence electrons. The number of hydrogen-bond acceptors (Lipinski definition) is 6. The van der Waals surface area contributed by atoms with Crippen LogP contribution in [0, 0.1) is 0 Å². The number of H-pyrrole nitrogens is 1. The van der Waals surface area contributed by atoms with E-state index < -0.39 is 10.0 Å². The first kappa shape index (κ1) is 14.9. The number of hydrogen-bond donors (Lipinski definition) is 2. The molecule has 0 saturated heterocycles. The van der Waals surface area contributed by atoms with Gasteiger partial charge in [0.15, 0.2) is 5.65 Å². The lowest BCUT2D eigenvalue weighted by atomic mass is 10.4. The lowest BCUT2D eigenvalue weighted by Crippen LogP contribution is -2.26. The lowest BCUT2D eigenvalue weighted by molar-refractivity contribution is 0.584. The molecule has 7 nitrogen and oxygen atoms in total. The standard InChI is InChI=1S/C13H13N5O2S2/c19-22(20,10-4-2-1-3-5-10)18-6-7-21-13-11-12(15-8-14-11)16-9-17-13/h1-5,8-9,18H,6-7H2,(H,14,15,16,17). The first-order valence-corrected chi connectivity index (χ1v) is 8.95. The van der Waals surface area contributed by atoms with E-state index in [0.29, 0.717) is 17.9 Å². The summed E-state index contributed by atoms with van der Waals surface area (Å²) in [5, 5.41) is 0.751. The molecule has 0 aliphatic heterocycles. The summed E-state index contributed by atoms with van der Waals surface area (Å²) in [5.74, 6) is 0.553. The minimum atomic E-state index is -3.46. The second kappa shape index (κ2) is 6.42. The fraction of sp³-hybridized carbons (Fsp3) is 0.154. The van der Waals surface area contributed by atoms with Crippen LogP contribution in [0.25, 0.3) is 11.2 Å². The van der Waals surface area contributed by atoms with E-state index in [-0.39, 0.29) is 4.90 Å². The van der Waals surface area contributed by atoms with Gasteiger partial charge in [-0.25, -0.2) is 28.1 Å². The van der Waals surface area contributed by atoms with E-state index in [4.69, 9.17) is 0 Å². The monoisotopic (exact) mass is 335 g/mol. The van der Waals surface area contributed by atoms with E-state index >= 15 is 0 Å². The minimum absolute atomic E-state index is 0.262. The Morgan fingerprint density at radius 1 is 1.14 bits per heavy atom. The molecule has 0 saturated carbocycles. The fourth-order valence-corrected chi connectivity index (χ4v) is 3.85. The molecule has 0 atom stereocenters. The topological polar surface area (TPSA) is 101 Å². The number of nitrogens with one attached hydrogen (secondary N) is 2. The molecule has 0 unspecified atom stereocenters. The number of nitrogens with zero attached hydrogens (tertiary/aromatic N) is 3. The number of imidazole rings is 1. The summed E-state index contributed by atoms with van der Waals surface area (Å²) in [6.07, 6.45) is 3.00. The van der Waals surface area contributed by atoms with Crippen LogP contribution < -0.4 is 4.72 Å². The Labute approximate surface area is 131 Å². The van der Waals surface area contributed by atoms with Gasteiger partial charge in [0, 0.05) is 12.3 Å². The fourth-order valence-electron chi connectivity index (χ4n) is 1.86. The maximum Gasteiger partial charge on any atom is 0.240 e. The van der Waals surface area contributed by atoms with E-state index in [0.717, 1.165) is 10.5 Å². The van der Waals surface area contributed by atoms with Crippen LogP contribution in [0.4, 0.5) is 0 Å². The SMILES string of the molecule is O=S(=O)(NCCSc1ncnc2nc[nH]c12)c1ccccc1. The van der Waals surface area contributed by atoms with E-state index in [1.54, 1.807) is 36.7 Å². The van der Waals surface area contributed by atoms with Gasteiger partial charge in [-0.05, 0) is 12.1 Å². The molecule has 0 bridgehead atoms. The van der Waals surface area contributed by atoms with Gasteiger partial charge in [0.05, 0.1) is 11.2 Å². The third-order valence-corrected chi connectivity index (χ3v) is 5.34. The molecular formula is C13H13N5O2S2. The number of aromatic amines is 1. The van der Waals surface area contributed by atoms with Crippen LogP contribution in [0.3, 0.4) is 0 Å². The summed E-state index contributed by atoms with van der Waals surface area (Å²) in [5.41, 5.74) is 1.36. The maximum absolute atomic E-state index is 12.1. The van der Waals surface area contributed by atoms with E-state index in [1.807, 2.05) is 0 Å². The smallest absolute Gasteiger partial charge is 0.240 e. The normalized spacial score (nSPS) is 11.8. The summed E-state index contributed by atoms with van der Waals surface area (Å²) < 4.78 is 26.7. The zero-order chi connectivity index (χ0) is 15.4. The highest BCUT2D eigenvalue weighted by Crippen LogP contribution is 2.21. The molecule has 1 aromatic carbocycles. The molecule has 3 rings (SSSR count). The Morgan fingerprint density at radius 2 is 1.95 bits per heavy atom. The third kappa shape index (κ3) is 3.26. The van der Waals surface area contributed by atoms with E-state index in [1.165, 1.54) is 18.1 Å². The third-order valence-electron chi connectivity index (χ3n) is 2.87. The molecule has 0 aliphatic rings. The van der Waals surface area contributed by atoms with Crippen molar-refractivity contribution < 1.29 is 8.42 Å². The van der Waals surface area contributed by atoms with Crippen LogP contribution in [0.1, 0.15) is 0 Å². The predicted molar refractivity (Wildman–Crippen MR) is 84.0 cm³/mol. The zero-order valence-corrected chi connectivity index (χ0v) is 13.1. The Morgan fingerprint density at radius 3 is 2.77 bits per heavy atom. The van der Waals surface area contributed by atoms with Crippen molar-refractivity contribution in [1.29, 1.82) is 0 Å². The Bertz CT molecular complexity index is 864. The summed E-state index contributed by atoms with van der Waals surface area (Å²) in [7, 11) is -3.46. The molecule has 0 radical (unpaired) electrons. The largest absolute Gasteiger partial charge is 0.341 e. The van der Waals surface area contributed by atoms with Gasteiger partial charge in [-0.2, -0.15) is 0 Å². The molecule has 2 N–H and O–H groups in total. The van der Waals surface area contributed by atoms with Crippen LogP contribution in [-0.2, 0) is 10.0 Å². The van der Waals surface area contributed by atoms with Crippen molar-refractivity contribution in [2.75, 3.05) is 12.3 Å². The van der Waals surface area contributed by atoms with Crippen LogP contribution in [0.5, 0.6) is 0 Å². The molecule has 2 aromatic heterocycles. The second-order valence-electron chi connectivity index (χ2n) is 4.34. The van der Waals surface area contributed by atoms with Gasteiger partial charge in [-0.15, -0.1) is 11.8 Å². The number of sulfonamides is 1. The van der Waals surface area contributed by atoms with Gasteiger partial charge in [0.25, 0.3) is 0 Å². The van der Waals surface area contributed by atoms with Crippen LogP contribution >= 0.6 is 11.8 Å². The summed E-state index contributed by atoms with van der Waals surface area (Å²) in [6.45, 7) is 0.307. The van der Waals surface area contributed by atoms with E-state index in [9.17, 15) is 8.42 Å². The molecule has 0 spiro atoms. The Balaban J connectivity index is 1.59. The van der Waals surface area contributed by atoms with Gasteiger partial charge >= 0.3 is 0 Å². The quantitative estimate of drug-likeness (QED) is 0.401. The van der Waals surface area contributed by atoms with Crippen LogP contribution in [0.2, 0.25) is 0 Å². The number of thioether (sulfide) groups is 1. The van der Waals surface area contributed by atoms with Gasteiger partial charge in [0.1, 0.15) is 16.9 Å². The van der Waals surface area contributed by atoms with Gasteiger partial charge in [-0.1, -0.05) is 18.2 Å². The molecule has 0 fully saturated rings. The molecule has 0 aliphatic carbocycles. The van der Waals surface area contributed by atoms with Crippen LogP contribution in [0.15, 0.2) is 52.9 Å².